The van der Waals surface area contributed by atoms with Crippen LogP contribution in [-0.2, 0) is 6.42 Å². The quantitative estimate of drug-likeness (QED) is 0.864. The van der Waals surface area contributed by atoms with Crippen molar-refractivity contribution in [2.75, 3.05) is 5.32 Å². The van der Waals surface area contributed by atoms with Crippen LogP contribution in [0.5, 0.6) is 0 Å². The van der Waals surface area contributed by atoms with Gasteiger partial charge in [-0.15, -0.1) is 0 Å². The number of nitrogens with zero attached hydrogens (tertiary/aromatic N) is 1. The first kappa shape index (κ1) is 13.6. The van der Waals surface area contributed by atoms with E-state index in [2.05, 4.69) is 61.4 Å². The molecule has 0 bridgehead atoms. The van der Waals surface area contributed by atoms with Gasteiger partial charge in [0.25, 0.3) is 0 Å². The molecule has 2 heteroatoms. The standard InChI is InChI=1S/C17H22N2/c1-14-13-18-12-10-16(14)19-17(2,3)11-9-15-7-5-4-6-8-15/h4-8,10,12-13H,9,11H2,1-3H3,(H,18,19). The van der Waals surface area contributed by atoms with Gasteiger partial charge in [-0.2, -0.15) is 0 Å². The molecule has 0 fully saturated rings. The van der Waals surface area contributed by atoms with Crippen LogP contribution < -0.4 is 5.32 Å². The van der Waals surface area contributed by atoms with Crippen LogP contribution in [-0.4, -0.2) is 10.5 Å². The summed E-state index contributed by atoms with van der Waals surface area (Å²) in [6.07, 6.45) is 5.92. The third kappa shape index (κ3) is 4.09. The number of hydrogen-bond donors (Lipinski definition) is 1. The second-order valence-corrected chi connectivity index (χ2v) is 5.69. The normalized spacial score (nSPS) is 11.3. The molecule has 0 saturated carbocycles. The number of anilines is 1. The summed E-state index contributed by atoms with van der Waals surface area (Å²) < 4.78 is 0. The molecule has 2 nitrogen and oxygen atoms in total. The first-order chi connectivity index (χ1) is 9.07. The number of aromatic nitrogens is 1. The van der Waals surface area contributed by atoms with Gasteiger partial charge in [0.05, 0.1) is 0 Å². The Morgan fingerprint density at radius 2 is 1.84 bits per heavy atom. The van der Waals surface area contributed by atoms with Gasteiger partial charge in [0.1, 0.15) is 0 Å². The van der Waals surface area contributed by atoms with E-state index in [0.717, 1.165) is 12.8 Å². The summed E-state index contributed by atoms with van der Waals surface area (Å²) in [5.74, 6) is 0. The van der Waals surface area contributed by atoms with E-state index in [1.54, 1.807) is 0 Å². The SMILES string of the molecule is Cc1cnccc1NC(C)(C)CCc1ccccc1. The van der Waals surface area contributed by atoms with Crippen molar-refractivity contribution in [3.05, 3.63) is 59.9 Å². The minimum absolute atomic E-state index is 0.0714. The number of hydrogen-bond acceptors (Lipinski definition) is 2. The van der Waals surface area contributed by atoms with Crippen LogP contribution in [0.25, 0.3) is 0 Å². The number of benzene rings is 1. The van der Waals surface area contributed by atoms with Crippen molar-refractivity contribution in [1.82, 2.24) is 4.98 Å². The molecule has 1 aromatic heterocycles. The first-order valence-corrected chi connectivity index (χ1v) is 6.79. The molecule has 0 atom stereocenters. The van der Waals surface area contributed by atoms with Gasteiger partial charge < -0.3 is 5.32 Å². The summed E-state index contributed by atoms with van der Waals surface area (Å²) in [4.78, 5) is 4.13. The highest BCUT2D eigenvalue weighted by Gasteiger charge is 2.17. The lowest BCUT2D eigenvalue weighted by Crippen LogP contribution is -2.31. The second-order valence-electron chi connectivity index (χ2n) is 5.69. The predicted molar refractivity (Wildman–Crippen MR) is 81.4 cm³/mol. The molecule has 2 aromatic rings. The van der Waals surface area contributed by atoms with E-state index < -0.39 is 0 Å². The molecule has 1 N–H and O–H groups in total. The van der Waals surface area contributed by atoms with E-state index in [4.69, 9.17) is 0 Å². The molecule has 1 heterocycles. The maximum atomic E-state index is 4.13. The van der Waals surface area contributed by atoms with Crippen molar-refractivity contribution in [3.8, 4) is 0 Å². The van der Waals surface area contributed by atoms with Gasteiger partial charge in [-0.05, 0) is 50.8 Å². The van der Waals surface area contributed by atoms with Crippen LogP contribution in [0.2, 0.25) is 0 Å². The van der Waals surface area contributed by atoms with Gasteiger partial charge in [-0.25, -0.2) is 0 Å². The summed E-state index contributed by atoms with van der Waals surface area (Å²) in [6.45, 7) is 6.58. The molecule has 0 aliphatic rings. The van der Waals surface area contributed by atoms with Crippen LogP contribution in [0.3, 0.4) is 0 Å². The largest absolute Gasteiger partial charge is 0.380 e. The summed E-state index contributed by atoms with van der Waals surface area (Å²) in [5.41, 5.74) is 3.83. The van der Waals surface area contributed by atoms with E-state index in [9.17, 15) is 0 Å². The van der Waals surface area contributed by atoms with E-state index in [1.165, 1.54) is 16.8 Å². The lowest BCUT2D eigenvalue weighted by molar-refractivity contribution is 0.518. The molecule has 0 aliphatic heterocycles. The van der Waals surface area contributed by atoms with Gasteiger partial charge in [-0.1, -0.05) is 30.3 Å². The smallest absolute Gasteiger partial charge is 0.0404 e. The highest BCUT2D eigenvalue weighted by Crippen LogP contribution is 2.22. The number of aryl methyl sites for hydroxylation is 2. The fourth-order valence-corrected chi connectivity index (χ4v) is 2.14. The lowest BCUT2D eigenvalue weighted by Gasteiger charge is -2.28. The zero-order valence-electron chi connectivity index (χ0n) is 12.0. The monoisotopic (exact) mass is 254 g/mol. The van der Waals surface area contributed by atoms with E-state index in [-0.39, 0.29) is 5.54 Å². The molecule has 0 aliphatic carbocycles. The second kappa shape index (κ2) is 5.87. The zero-order valence-corrected chi connectivity index (χ0v) is 12.0. The molecule has 0 unspecified atom stereocenters. The minimum Gasteiger partial charge on any atom is -0.380 e. The molecule has 1 aromatic carbocycles. The van der Waals surface area contributed by atoms with Gasteiger partial charge in [0.15, 0.2) is 0 Å². The van der Waals surface area contributed by atoms with Crippen LogP contribution in [0, 0.1) is 6.92 Å². The molecule has 0 amide bonds. The molecular weight excluding hydrogens is 232 g/mol. The maximum Gasteiger partial charge on any atom is 0.0404 e. The van der Waals surface area contributed by atoms with Crippen LogP contribution >= 0.6 is 0 Å². The Morgan fingerprint density at radius 3 is 2.53 bits per heavy atom. The Kier molecular flexibility index (Phi) is 4.20. The predicted octanol–water partition coefficient (Wildman–Crippen LogP) is 4.21. The fourth-order valence-electron chi connectivity index (χ4n) is 2.14. The van der Waals surface area contributed by atoms with Gasteiger partial charge in [0, 0.05) is 23.6 Å². The number of nitrogens with one attached hydrogen (secondary N) is 1. The molecule has 19 heavy (non-hydrogen) atoms. The fraction of sp³-hybridized carbons (Fsp3) is 0.353. The molecule has 2 rings (SSSR count). The van der Waals surface area contributed by atoms with Gasteiger partial charge in [0.2, 0.25) is 0 Å². The Balaban J connectivity index is 1.97. The van der Waals surface area contributed by atoms with Crippen molar-refractivity contribution in [2.24, 2.45) is 0 Å². The highest BCUT2D eigenvalue weighted by atomic mass is 15.0. The van der Waals surface area contributed by atoms with Crippen LogP contribution in [0.15, 0.2) is 48.8 Å². The highest BCUT2D eigenvalue weighted by molar-refractivity contribution is 5.50. The summed E-state index contributed by atoms with van der Waals surface area (Å²) in [7, 11) is 0. The third-order valence-corrected chi connectivity index (χ3v) is 3.37. The lowest BCUT2D eigenvalue weighted by atomic mass is 9.94. The van der Waals surface area contributed by atoms with Crippen molar-refractivity contribution >= 4 is 5.69 Å². The van der Waals surface area contributed by atoms with Gasteiger partial charge in [-0.3, -0.25) is 4.98 Å². The van der Waals surface area contributed by atoms with Crippen molar-refractivity contribution in [2.45, 2.75) is 39.2 Å². The molecule has 0 saturated heterocycles. The van der Waals surface area contributed by atoms with Crippen molar-refractivity contribution < 1.29 is 0 Å². The van der Waals surface area contributed by atoms with E-state index in [0.29, 0.717) is 0 Å². The van der Waals surface area contributed by atoms with Crippen LogP contribution in [0.4, 0.5) is 5.69 Å². The number of rotatable bonds is 5. The Bertz CT molecular complexity index is 518. The molecule has 0 radical (unpaired) electrons. The molecule has 0 spiro atoms. The summed E-state index contributed by atoms with van der Waals surface area (Å²) >= 11 is 0. The van der Waals surface area contributed by atoms with Crippen molar-refractivity contribution in [1.29, 1.82) is 0 Å². The topological polar surface area (TPSA) is 24.9 Å². The first-order valence-electron chi connectivity index (χ1n) is 6.79. The van der Waals surface area contributed by atoms with Crippen LogP contribution in [0.1, 0.15) is 31.4 Å². The minimum atomic E-state index is 0.0714. The Hall–Kier alpha value is -1.83. The molecule has 100 valence electrons. The average Bonchev–Trinajstić information content (AvgIpc) is 2.40. The molecular formula is C17H22N2. The average molecular weight is 254 g/mol. The van der Waals surface area contributed by atoms with Gasteiger partial charge >= 0.3 is 0 Å². The Labute approximate surface area is 115 Å². The summed E-state index contributed by atoms with van der Waals surface area (Å²) in [5, 5.41) is 3.62. The van der Waals surface area contributed by atoms with E-state index >= 15 is 0 Å². The van der Waals surface area contributed by atoms with Crippen molar-refractivity contribution in [3.63, 3.8) is 0 Å². The summed E-state index contributed by atoms with van der Waals surface area (Å²) in [6, 6.07) is 12.7. The third-order valence-electron chi connectivity index (χ3n) is 3.37. The number of pyridine rings is 1. The van der Waals surface area contributed by atoms with E-state index in [1.807, 2.05) is 18.5 Å². The maximum absolute atomic E-state index is 4.13. The Morgan fingerprint density at radius 1 is 1.11 bits per heavy atom. The zero-order chi connectivity index (χ0) is 13.7.